The van der Waals surface area contributed by atoms with E-state index in [2.05, 4.69) is 15.2 Å². The molecule has 2 aromatic heterocycles. The first kappa shape index (κ1) is 21.6. The molecule has 2 aliphatic rings. The zero-order valence-corrected chi connectivity index (χ0v) is 18.8. The Kier molecular flexibility index (Phi) is 6.09. The zero-order valence-electron chi connectivity index (χ0n) is 18.8. The zero-order chi connectivity index (χ0) is 22.8. The predicted octanol–water partition coefficient (Wildman–Crippen LogP) is 4.09. The van der Waals surface area contributed by atoms with Gasteiger partial charge in [-0.15, -0.1) is 0 Å². The molecule has 33 heavy (non-hydrogen) atoms. The molecule has 1 saturated heterocycles. The average Bonchev–Trinajstić information content (AvgIpc) is 3.27. The van der Waals surface area contributed by atoms with E-state index in [9.17, 15) is 9.59 Å². The van der Waals surface area contributed by atoms with Gasteiger partial charge in [0.05, 0.1) is 24.6 Å². The van der Waals surface area contributed by atoms with E-state index in [-0.39, 0.29) is 17.7 Å². The molecular formula is C25H28N4O4. The Morgan fingerprint density at radius 2 is 1.91 bits per heavy atom. The number of carbonyl (C=O) groups is 2. The van der Waals surface area contributed by atoms with E-state index in [0.29, 0.717) is 36.1 Å². The molecule has 1 aliphatic heterocycles. The van der Waals surface area contributed by atoms with Gasteiger partial charge >= 0.3 is 0 Å². The summed E-state index contributed by atoms with van der Waals surface area (Å²) in [5, 5.41) is 3.04. The lowest BCUT2D eigenvalue weighted by molar-refractivity contribution is -0.112. The summed E-state index contributed by atoms with van der Waals surface area (Å²) in [4.78, 5) is 35.4. The molecule has 3 heterocycles. The van der Waals surface area contributed by atoms with Crippen molar-refractivity contribution < 1.29 is 18.7 Å². The first-order valence-corrected chi connectivity index (χ1v) is 11.6. The number of nitrogens with one attached hydrogen (secondary N) is 1. The van der Waals surface area contributed by atoms with Gasteiger partial charge in [-0.2, -0.15) is 0 Å². The maximum atomic E-state index is 13.0. The largest absolute Gasteiger partial charge is 0.440 e. The number of aromatic nitrogens is 2. The predicted molar refractivity (Wildman–Crippen MR) is 125 cm³/mol. The fraction of sp³-hybridized carbons (Fsp3) is 0.440. The first-order valence-electron chi connectivity index (χ1n) is 11.6. The molecule has 8 nitrogen and oxygen atoms in total. The van der Waals surface area contributed by atoms with Crippen LogP contribution in [-0.2, 0) is 9.53 Å². The molecule has 2 fully saturated rings. The lowest BCUT2D eigenvalue weighted by Crippen LogP contribution is -2.36. The number of oxazole rings is 1. The number of morpholine rings is 1. The van der Waals surface area contributed by atoms with Crippen molar-refractivity contribution in [1.82, 2.24) is 9.97 Å². The molecule has 0 spiro atoms. The highest BCUT2D eigenvalue weighted by atomic mass is 16.5. The fourth-order valence-electron chi connectivity index (χ4n) is 4.68. The maximum Gasteiger partial charge on any atom is 0.274 e. The highest BCUT2D eigenvalue weighted by Crippen LogP contribution is 2.38. The monoisotopic (exact) mass is 448 g/mol. The Bertz CT molecular complexity index is 1160. The van der Waals surface area contributed by atoms with Gasteiger partial charge in [-0.3, -0.25) is 4.79 Å². The van der Waals surface area contributed by atoms with Crippen LogP contribution in [0.25, 0.3) is 11.1 Å². The molecule has 1 N–H and O–H groups in total. The molecule has 0 unspecified atom stereocenters. The second-order valence-electron chi connectivity index (χ2n) is 8.85. The van der Waals surface area contributed by atoms with Crippen molar-refractivity contribution >= 4 is 34.7 Å². The molecule has 0 radical (unpaired) electrons. The van der Waals surface area contributed by atoms with E-state index < -0.39 is 0 Å². The van der Waals surface area contributed by atoms with Crippen molar-refractivity contribution in [1.29, 1.82) is 0 Å². The number of hydrogen-bond donors (Lipinski definition) is 1. The van der Waals surface area contributed by atoms with E-state index >= 15 is 0 Å². The number of amides is 1. The Balaban J connectivity index is 1.47. The number of pyridine rings is 1. The van der Waals surface area contributed by atoms with Crippen molar-refractivity contribution in [3.8, 4) is 0 Å². The van der Waals surface area contributed by atoms with E-state index in [0.717, 1.165) is 62.0 Å². The number of aryl methyl sites for hydroxylation is 1. The molecule has 5 rings (SSSR count). The van der Waals surface area contributed by atoms with Gasteiger partial charge in [0, 0.05) is 36.7 Å². The second kappa shape index (κ2) is 9.31. The van der Waals surface area contributed by atoms with E-state index in [1.807, 2.05) is 31.2 Å². The van der Waals surface area contributed by atoms with Gasteiger partial charge in [-0.1, -0.05) is 6.07 Å². The van der Waals surface area contributed by atoms with E-state index in [1.165, 1.54) is 0 Å². The number of rotatable bonds is 5. The van der Waals surface area contributed by atoms with Gasteiger partial charge in [0.1, 0.15) is 17.5 Å². The number of anilines is 2. The van der Waals surface area contributed by atoms with Crippen LogP contribution in [0, 0.1) is 12.8 Å². The summed E-state index contributed by atoms with van der Waals surface area (Å²) >= 11 is 0. The fourth-order valence-corrected chi connectivity index (χ4v) is 4.68. The van der Waals surface area contributed by atoms with Crippen LogP contribution in [0.4, 0.5) is 11.4 Å². The van der Waals surface area contributed by atoms with Crippen molar-refractivity contribution in [2.75, 3.05) is 36.5 Å². The lowest BCUT2D eigenvalue weighted by atomic mass is 9.83. The van der Waals surface area contributed by atoms with Crippen LogP contribution in [0.5, 0.6) is 0 Å². The molecule has 8 heteroatoms. The summed E-state index contributed by atoms with van der Waals surface area (Å²) in [7, 11) is 0. The molecule has 1 aliphatic carbocycles. The van der Waals surface area contributed by atoms with Crippen molar-refractivity contribution in [2.45, 2.75) is 38.5 Å². The van der Waals surface area contributed by atoms with E-state index in [4.69, 9.17) is 14.1 Å². The van der Waals surface area contributed by atoms with Crippen LogP contribution >= 0.6 is 0 Å². The van der Waals surface area contributed by atoms with Crippen molar-refractivity contribution in [3.05, 3.63) is 47.6 Å². The second-order valence-corrected chi connectivity index (χ2v) is 8.85. The number of carbonyl (C=O) groups excluding carboxylic acids is 2. The standard InChI is InChI=1S/C25H28N4O4/c1-16-3-2-4-19(26-16)24(31)27-20-14-23-21(13-22(20)29-9-11-32-12-10-29)28-25(33-23)18-7-5-17(15-30)6-8-18/h2-4,13-15,17-18H,5-12H2,1H3,(H,27,31). The van der Waals surface area contributed by atoms with Crippen molar-refractivity contribution in [2.24, 2.45) is 5.92 Å². The molecule has 0 bridgehead atoms. The number of benzene rings is 1. The summed E-state index contributed by atoms with van der Waals surface area (Å²) in [6, 6.07) is 9.24. The maximum absolute atomic E-state index is 13.0. The SMILES string of the molecule is Cc1cccc(C(=O)Nc2cc3oc(C4CCC(C=O)CC4)nc3cc2N2CCOCC2)n1. The van der Waals surface area contributed by atoms with Crippen molar-refractivity contribution in [3.63, 3.8) is 0 Å². The summed E-state index contributed by atoms with van der Waals surface area (Å²) in [6.45, 7) is 4.60. The third kappa shape index (κ3) is 4.61. The van der Waals surface area contributed by atoms with Crippen LogP contribution in [0.1, 0.15) is 53.7 Å². The van der Waals surface area contributed by atoms with Crippen LogP contribution in [0.3, 0.4) is 0 Å². The molecule has 0 atom stereocenters. The number of ether oxygens (including phenoxy) is 1. The summed E-state index contributed by atoms with van der Waals surface area (Å²) < 4.78 is 11.7. The number of hydrogen-bond acceptors (Lipinski definition) is 7. The minimum Gasteiger partial charge on any atom is -0.440 e. The Morgan fingerprint density at radius 1 is 1.12 bits per heavy atom. The molecule has 1 amide bonds. The van der Waals surface area contributed by atoms with Gasteiger partial charge < -0.3 is 24.2 Å². The minimum absolute atomic E-state index is 0.149. The molecular weight excluding hydrogens is 420 g/mol. The molecule has 1 saturated carbocycles. The van der Waals surface area contributed by atoms with Crippen LogP contribution in [-0.4, -0.2) is 48.5 Å². The Hall–Kier alpha value is -3.26. The quantitative estimate of drug-likeness (QED) is 0.587. The number of nitrogens with zero attached hydrogens (tertiary/aromatic N) is 3. The lowest BCUT2D eigenvalue weighted by Gasteiger charge is -2.30. The third-order valence-corrected chi connectivity index (χ3v) is 6.56. The normalized spacial score (nSPS) is 21.2. The number of aldehydes is 1. The first-order chi connectivity index (χ1) is 16.1. The van der Waals surface area contributed by atoms with Gasteiger partial charge in [-0.25, -0.2) is 9.97 Å². The van der Waals surface area contributed by atoms with Gasteiger partial charge in [0.15, 0.2) is 11.5 Å². The van der Waals surface area contributed by atoms with E-state index in [1.54, 1.807) is 6.07 Å². The minimum atomic E-state index is -0.264. The Labute approximate surface area is 192 Å². The smallest absolute Gasteiger partial charge is 0.274 e. The molecule has 1 aromatic carbocycles. The van der Waals surface area contributed by atoms with Gasteiger partial charge in [-0.05, 0) is 50.8 Å². The topological polar surface area (TPSA) is 97.6 Å². The molecule has 3 aromatic rings. The van der Waals surface area contributed by atoms with Gasteiger partial charge in [0.25, 0.3) is 5.91 Å². The van der Waals surface area contributed by atoms with Crippen LogP contribution < -0.4 is 10.2 Å². The van der Waals surface area contributed by atoms with Gasteiger partial charge in [0.2, 0.25) is 0 Å². The Morgan fingerprint density at radius 3 is 2.64 bits per heavy atom. The summed E-state index contributed by atoms with van der Waals surface area (Å²) in [5.41, 5.74) is 4.15. The highest BCUT2D eigenvalue weighted by Gasteiger charge is 2.27. The van der Waals surface area contributed by atoms with Crippen LogP contribution in [0.15, 0.2) is 34.7 Å². The summed E-state index contributed by atoms with van der Waals surface area (Å²) in [5.74, 6) is 0.816. The highest BCUT2D eigenvalue weighted by molar-refractivity contribution is 6.06. The summed E-state index contributed by atoms with van der Waals surface area (Å²) in [6.07, 6.45) is 4.60. The average molecular weight is 449 g/mol. The van der Waals surface area contributed by atoms with Crippen LogP contribution in [0.2, 0.25) is 0 Å². The molecule has 172 valence electrons. The number of fused-ring (bicyclic) bond motifs is 1. The third-order valence-electron chi connectivity index (χ3n) is 6.56.